The molecule has 1 aliphatic heterocycles. The summed E-state index contributed by atoms with van der Waals surface area (Å²) in [6.07, 6.45) is 8.51. The summed E-state index contributed by atoms with van der Waals surface area (Å²) in [6.45, 7) is 0.622. The second kappa shape index (κ2) is 6.41. The summed E-state index contributed by atoms with van der Waals surface area (Å²) in [5, 5.41) is 5.52. The fourth-order valence-corrected chi connectivity index (χ4v) is 4.29. The second-order valence-corrected chi connectivity index (χ2v) is 7.59. The minimum atomic E-state index is -2.93. The maximum Gasteiger partial charge on any atom is 0.315 e. The Labute approximate surface area is 114 Å². The predicted octanol–water partition coefficient (Wildman–Crippen LogP) is 1.36. The number of sulfone groups is 1. The van der Waals surface area contributed by atoms with Gasteiger partial charge in [-0.2, -0.15) is 0 Å². The highest BCUT2D eigenvalue weighted by Gasteiger charge is 2.28. The Hall–Kier alpha value is -1.04. The summed E-state index contributed by atoms with van der Waals surface area (Å²) in [5.41, 5.74) is 1.43. The molecule has 0 aromatic carbocycles. The van der Waals surface area contributed by atoms with Crippen LogP contribution in [0.2, 0.25) is 0 Å². The number of carbonyl (C=O) groups is 1. The van der Waals surface area contributed by atoms with Gasteiger partial charge in [0.25, 0.3) is 0 Å². The molecule has 0 radical (unpaired) electrons. The third-order valence-corrected chi connectivity index (χ3v) is 5.45. The number of hydrogen-bond donors (Lipinski definition) is 2. The first kappa shape index (κ1) is 14.4. The van der Waals surface area contributed by atoms with Crippen molar-refractivity contribution in [1.82, 2.24) is 10.6 Å². The lowest BCUT2D eigenvalue weighted by atomic mass is 9.97. The van der Waals surface area contributed by atoms with Crippen LogP contribution >= 0.6 is 0 Å². The first-order valence-corrected chi connectivity index (χ1v) is 8.80. The van der Waals surface area contributed by atoms with Crippen molar-refractivity contribution in [3.63, 3.8) is 0 Å². The Bertz CT molecular complexity index is 457. The van der Waals surface area contributed by atoms with Crippen LogP contribution in [0.3, 0.4) is 0 Å². The molecule has 2 rings (SSSR count). The van der Waals surface area contributed by atoms with E-state index in [2.05, 4.69) is 16.7 Å². The molecular formula is C13H22N2O3S. The summed E-state index contributed by atoms with van der Waals surface area (Å²) in [7, 11) is -2.93. The molecule has 0 spiro atoms. The molecule has 0 unspecified atom stereocenters. The molecule has 1 saturated heterocycles. The standard InChI is InChI=1S/C13H22N2O3S/c16-13(15-12-7-9-19(17,18)10-12)14-8-6-11-4-2-1-3-5-11/h4,12H,1-3,5-10H2,(H2,14,15,16)/t12-/m0/s1. The van der Waals surface area contributed by atoms with Crippen LogP contribution in [0.5, 0.6) is 0 Å². The van der Waals surface area contributed by atoms with Crippen LogP contribution in [0.25, 0.3) is 0 Å². The molecule has 1 aliphatic carbocycles. The minimum Gasteiger partial charge on any atom is -0.338 e. The number of rotatable bonds is 4. The van der Waals surface area contributed by atoms with E-state index in [1.807, 2.05) is 0 Å². The normalized spacial score (nSPS) is 25.7. The fraction of sp³-hybridized carbons (Fsp3) is 0.769. The van der Waals surface area contributed by atoms with E-state index in [1.165, 1.54) is 18.4 Å². The van der Waals surface area contributed by atoms with Gasteiger partial charge in [0.05, 0.1) is 11.5 Å². The molecule has 1 atom stereocenters. The summed E-state index contributed by atoms with van der Waals surface area (Å²) in [4.78, 5) is 11.6. The van der Waals surface area contributed by atoms with Crippen molar-refractivity contribution in [3.8, 4) is 0 Å². The second-order valence-electron chi connectivity index (χ2n) is 5.36. The van der Waals surface area contributed by atoms with Crippen molar-refractivity contribution in [2.45, 2.75) is 44.6 Å². The van der Waals surface area contributed by atoms with Crippen LogP contribution in [-0.2, 0) is 9.84 Å². The van der Waals surface area contributed by atoms with Gasteiger partial charge < -0.3 is 10.6 Å². The van der Waals surface area contributed by atoms with Crippen LogP contribution in [0, 0.1) is 0 Å². The van der Waals surface area contributed by atoms with Crippen LogP contribution in [0.1, 0.15) is 38.5 Å². The molecule has 0 bridgehead atoms. The van der Waals surface area contributed by atoms with Gasteiger partial charge in [0, 0.05) is 12.6 Å². The van der Waals surface area contributed by atoms with E-state index in [9.17, 15) is 13.2 Å². The third kappa shape index (κ3) is 4.86. The largest absolute Gasteiger partial charge is 0.338 e. The van der Waals surface area contributed by atoms with E-state index < -0.39 is 9.84 Å². The highest BCUT2D eigenvalue weighted by atomic mass is 32.2. The van der Waals surface area contributed by atoms with Crippen LogP contribution in [-0.4, -0.2) is 38.5 Å². The highest BCUT2D eigenvalue weighted by Crippen LogP contribution is 2.19. The molecule has 1 heterocycles. The maximum atomic E-state index is 11.6. The molecule has 0 saturated carbocycles. The van der Waals surface area contributed by atoms with E-state index in [0.29, 0.717) is 13.0 Å². The first-order chi connectivity index (χ1) is 9.05. The minimum absolute atomic E-state index is 0.0750. The van der Waals surface area contributed by atoms with Gasteiger partial charge >= 0.3 is 6.03 Å². The van der Waals surface area contributed by atoms with Gasteiger partial charge in [-0.05, 0) is 38.5 Å². The summed E-state index contributed by atoms with van der Waals surface area (Å²) in [6, 6.07) is -0.475. The monoisotopic (exact) mass is 286 g/mol. The van der Waals surface area contributed by atoms with Crippen molar-refractivity contribution in [2.75, 3.05) is 18.1 Å². The maximum absolute atomic E-state index is 11.6. The number of allylic oxidation sites excluding steroid dienone is 1. The molecule has 19 heavy (non-hydrogen) atoms. The van der Waals surface area contributed by atoms with E-state index in [1.54, 1.807) is 0 Å². The lowest BCUT2D eigenvalue weighted by molar-refractivity contribution is 0.238. The van der Waals surface area contributed by atoms with Gasteiger partial charge in [-0.3, -0.25) is 0 Å². The Balaban J connectivity index is 1.63. The molecular weight excluding hydrogens is 264 g/mol. The molecule has 108 valence electrons. The van der Waals surface area contributed by atoms with E-state index in [4.69, 9.17) is 0 Å². The molecule has 0 aromatic heterocycles. The molecule has 2 N–H and O–H groups in total. The lowest BCUT2D eigenvalue weighted by Gasteiger charge is -2.14. The zero-order chi connectivity index (χ0) is 13.7. The van der Waals surface area contributed by atoms with Gasteiger partial charge in [-0.15, -0.1) is 0 Å². The number of nitrogens with one attached hydrogen (secondary N) is 2. The lowest BCUT2D eigenvalue weighted by Crippen LogP contribution is -2.43. The SMILES string of the molecule is O=C(NCCC1=CCCCC1)N[C@H]1CCS(=O)(=O)C1. The number of carbonyl (C=O) groups excluding carboxylic acids is 1. The predicted molar refractivity (Wildman–Crippen MR) is 74.8 cm³/mol. The van der Waals surface area contributed by atoms with Crippen LogP contribution < -0.4 is 10.6 Å². The molecule has 2 amide bonds. The van der Waals surface area contributed by atoms with Crippen molar-refractivity contribution in [3.05, 3.63) is 11.6 Å². The Kier molecular flexibility index (Phi) is 4.85. The summed E-state index contributed by atoms with van der Waals surface area (Å²) >= 11 is 0. The molecule has 2 aliphatic rings. The van der Waals surface area contributed by atoms with Crippen LogP contribution in [0.4, 0.5) is 4.79 Å². The molecule has 0 aromatic rings. The summed E-state index contributed by atoms with van der Waals surface area (Å²) in [5.74, 6) is 0.260. The first-order valence-electron chi connectivity index (χ1n) is 6.98. The number of amides is 2. The number of hydrogen-bond acceptors (Lipinski definition) is 3. The Morgan fingerprint density at radius 3 is 2.84 bits per heavy atom. The number of urea groups is 1. The average Bonchev–Trinajstić information content (AvgIpc) is 2.70. The fourth-order valence-electron chi connectivity index (χ4n) is 2.61. The van der Waals surface area contributed by atoms with Crippen molar-refractivity contribution in [1.29, 1.82) is 0 Å². The van der Waals surface area contributed by atoms with Gasteiger partial charge in [0.15, 0.2) is 9.84 Å². The van der Waals surface area contributed by atoms with Gasteiger partial charge in [0.1, 0.15) is 0 Å². The van der Waals surface area contributed by atoms with E-state index in [0.717, 1.165) is 19.3 Å². The molecule has 5 nitrogen and oxygen atoms in total. The zero-order valence-corrected chi connectivity index (χ0v) is 12.0. The smallest absolute Gasteiger partial charge is 0.315 e. The van der Waals surface area contributed by atoms with E-state index >= 15 is 0 Å². The topological polar surface area (TPSA) is 75.3 Å². The van der Waals surface area contributed by atoms with Gasteiger partial charge in [-0.1, -0.05) is 11.6 Å². The molecule has 6 heteroatoms. The third-order valence-electron chi connectivity index (χ3n) is 3.68. The van der Waals surface area contributed by atoms with Gasteiger partial charge in [0.2, 0.25) is 0 Å². The molecule has 1 fully saturated rings. The van der Waals surface area contributed by atoms with Crippen molar-refractivity contribution in [2.24, 2.45) is 0 Å². The van der Waals surface area contributed by atoms with Crippen molar-refractivity contribution >= 4 is 15.9 Å². The van der Waals surface area contributed by atoms with E-state index in [-0.39, 0.29) is 23.6 Å². The highest BCUT2D eigenvalue weighted by molar-refractivity contribution is 7.91. The average molecular weight is 286 g/mol. The van der Waals surface area contributed by atoms with Crippen molar-refractivity contribution < 1.29 is 13.2 Å². The van der Waals surface area contributed by atoms with Crippen LogP contribution in [0.15, 0.2) is 11.6 Å². The Morgan fingerprint density at radius 2 is 2.21 bits per heavy atom. The van der Waals surface area contributed by atoms with Gasteiger partial charge in [-0.25, -0.2) is 13.2 Å². The summed E-state index contributed by atoms with van der Waals surface area (Å²) < 4.78 is 22.5. The quantitative estimate of drug-likeness (QED) is 0.766. The zero-order valence-electron chi connectivity index (χ0n) is 11.2. The Morgan fingerprint density at radius 1 is 1.37 bits per heavy atom.